The molecule has 3 rings (SSSR count). The van der Waals surface area contributed by atoms with Crippen molar-refractivity contribution < 1.29 is 4.79 Å². The Hall–Kier alpha value is -0.650. The van der Waals surface area contributed by atoms with Crippen molar-refractivity contribution in [3.8, 4) is 0 Å². The number of carbonyl (C=O) groups is 1. The van der Waals surface area contributed by atoms with Crippen LogP contribution in [0.4, 0.5) is 0 Å². The summed E-state index contributed by atoms with van der Waals surface area (Å²) in [5.74, 6) is 0.861. The van der Waals surface area contributed by atoms with Crippen LogP contribution < -0.4 is 0 Å². The normalized spacial score (nSPS) is 23.4. The molecule has 20 heavy (non-hydrogen) atoms. The maximum atomic E-state index is 11.6. The van der Waals surface area contributed by atoms with Crippen molar-refractivity contribution in [3.63, 3.8) is 0 Å². The number of halogens is 1. The highest BCUT2D eigenvalue weighted by molar-refractivity contribution is 7.09. The predicted molar refractivity (Wildman–Crippen MR) is 81.2 cm³/mol. The highest BCUT2D eigenvalue weighted by Gasteiger charge is 2.34. The van der Waals surface area contributed by atoms with Crippen LogP contribution in [0.15, 0.2) is 5.38 Å². The van der Waals surface area contributed by atoms with Gasteiger partial charge in [0.15, 0.2) is 0 Å². The Balaban J connectivity index is 1.42. The van der Waals surface area contributed by atoms with Crippen molar-refractivity contribution in [3.05, 3.63) is 16.1 Å². The summed E-state index contributed by atoms with van der Waals surface area (Å²) in [7, 11) is 0. The highest BCUT2D eigenvalue weighted by atomic mass is 35.5. The van der Waals surface area contributed by atoms with Gasteiger partial charge in [0.05, 0.1) is 16.6 Å². The van der Waals surface area contributed by atoms with Crippen molar-refractivity contribution in [2.45, 2.75) is 37.6 Å². The summed E-state index contributed by atoms with van der Waals surface area (Å²) in [4.78, 5) is 20.7. The van der Waals surface area contributed by atoms with Crippen LogP contribution in [0.1, 0.15) is 30.0 Å². The molecule has 6 heteroatoms. The van der Waals surface area contributed by atoms with Gasteiger partial charge >= 0.3 is 0 Å². The van der Waals surface area contributed by atoms with Gasteiger partial charge in [0.2, 0.25) is 5.91 Å². The van der Waals surface area contributed by atoms with Crippen molar-refractivity contribution in [2.24, 2.45) is 0 Å². The SMILES string of the molecule is O=C1CCC2CN(CCCc3nc(CCl)cs3)CCN12. The highest BCUT2D eigenvalue weighted by Crippen LogP contribution is 2.23. The number of hydrogen-bond acceptors (Lipinski definition) is 4. The van der Waals surface area contributed by atoms with Crippen LogP contribution in [0, 0.1) is 0 Å². The number of piperazine rings is 1. The van der Waals surface area contributed by atoms with Gasteiger partial charge in [-0.05, 0) is 19.4 Å². The molecule has 1 amide bonds. The zero-order chi connectivity index (χ0) is 13.9. The van der Waals surface area contributed by atoms with E-state index in [1.54, 1.807) is 11.3 Å². The Labute approximate surface area is 128 Å². The van der Waals surface area contributed by atoms with Crippen molar-refractivity contribution >= 4 is 28.8 Å². The number of carbonyl (C=O) groups excluding carboxylic acids is 1. The van der Waals surface area contributed by atoms with E-state index < -0.39 is 0 Å². The molecule has 1 atom stereocenters. The van der Waals surface area contributed by atoms with Gasteiger partial charge < -0.3 is 4.90 Å². The first-order chi connectivity index (χ1) is 9.76. The number of hydrogen-bond donors (Lipinski definition) is 0. The summed E-state index contributed by atoms with van der Waals surface area (Å²) < 4.78 is 0. The van der Waals surface area contributed by atoms with Gasteiger partial charge in [-0.25, -0.2) is 4.98 Å². The molecule has 0 aromatic carbocycles. The molecule has 2 aliphatic heterocycles. The van der Waals surface area contributed by atoms with E-state index in [2.05, 4.69) is 14.8 Å². The number of fused-ring (bicyclic) bond motifs is 1. The van der Waals surface area contributed by atoms with Crippen LogP contribution in [0.3, 0.4) is 0 Å². The maximum Gasteiger partial charge on any atom is 0.222 e. The molecule has 0 aliphatic carbocycles. The molecule has 1 aromatic heterocycles. The second kappa shape index (κ2) is 6.41. The Bertz CT molecular complexity index is 479. The first-order valence-corrected chi connectivity index (χ1v) is 8.69. The number of aryl methyl sites for hydroxylation is 1. The maximum absolute atomic E-state index is 11.6. The molecule has 2 saturated heterocycles. The Kier molecular flexibility index (Phi) is 4.58. The number of nitrogens with zero attached hydrogens (tertiary/aromatic N) is 3. The molecule has 0 N–H and O–H groups in total. The minimum atomic E-state index is 0.353. The van der Waals surface area contributed by atoms with Gasteiger partial charge in [-0.15, -0.1) is 22.9 Å². The molecule has 110 valence electrons. The monoisotopic (exact) mass is 313 g/mol. The van der Waals surface area contributed by atoms with Gasteiger partial charge in [-0.2, -0.15) is 0 Å². The molecule has 1 unspecified atom stereocenters. The topological polar surface area (TPSA) is 36.4 Å². The number of alkyl halides is 1. The molecule has 4 nitrogen and oxygen atoms in total. The first-order valence-electron chi connectivity index (χ1n) is 7.27. The fourth-order valence-electron chi connectivity index (χ4n) is 3.11. The average Bonchev–Trinajstić information content (AvgIpc) is 3.06. The van der Waals surface area contributed by atoms with Gasteiger partial charge in [-0.1, -0.05) is 0 Å². The summed E-state index contributed by atoms with van der Waals surface area (Å²) in [6.07, 6.45) is 3.96. The zero-order valence-electron chi connectivity index (χ0n) is 11.6. The molecule has 0 radical (unpaired) electrons. The smallest absolute Gasteiger partial charge is 0.222 e. The second-order valence-electron chi connectivity index (χ2n) is 5.55. The van der Waals surface area contributed by atoms with Crippen molar-refractivity contribution in [1.82, 2.24) is 14.8 Å². The molecule has 0 bridgehead atoms. The summed E-state index contributed by atoms with van der Waals surface area (Å²) in [5.41, 5.74) is 0.991. The van der Waals surface area contributed by atoms with Crippen LogP contribution in [0.2, 0.25) is 0 Å². The first kappa shape index (κ1) is 14.3. The fourth-order valence-corrected chi connectivity index (χ4v) is 4.18. The third-order valence-corrected chi connectivity index (χ3v) is 5.41. The molecule has 3 heterocycles. The molecule has 1 aromatic rings. The quantitative estimate of drug-likeness (QED) is 0.781. The van der Waals surface area contributed by atoms with E-state index in [9.17, 15) is 4.79 Å². The van der Waals surface area contributed by atoms with Gasteiger partial charge in [0.1, 0.15) is 0 Å². The largest absolute Gasteiger partial charge is 0.337 e. The summed E-state index contributed by atoms with van der Waals surface area (Å²) in [5, 5.41) is 3.24. The minimum absolute atomic E-state index is 0.353. The van der Waals surface area contributed by atoms with E-state index in [4.69, 9.17) is 11.6 Å². The Morgan fingerprint density at radius 1 is 1.45 bits per heavy atom. The van der Waals surface area contributed by atoms with Crippen molar-refractivity contribution in [2.75, 3.05) is 26.2 Å². The molecular weight excluding hydrogens is 294 g/mol. The van der Waals surface area contributed by atoms with Crippen LogP contribution in [-0.4, -0.2) is 52.9 Å². The van der Waals surface area contributed by atoms with E-state index in [1.807, 2.05) is 5.38 Å². The molecule has 0 saturated carbocycles. The lowest BCUT2D eigenvalue weighted by atomic mass is 10.1. The van der Waals surface area contributed by atoms with Crippen LogP contribution in [-0.2, 0) is 17.1 Å². The van der Waals surface area contributed by atoms with E-state index >= 15 is 0 Å². The lowest BCUT2D eigenvalue weighted by Gasteiger charge is -2.37. The van der Waals surface area contributed by atoms with Gasteiger partial charge in [-0.3, -0.25) is 9.69 Å². The predicted octanol–water partition coefficient (Wildman–Crippen LogP) is 2.12. The second-order valence-corrected chi connectivity index (χ2v) is 6.76. The Morgan fingerprint density at radius 2 is 2.35 bits per heavy atom. The minimum Gasteiger partial charge on any atom is -0.337 e. The van der Waals surface area contributed by atoms with Gasteiger partial charge in [0, 0.05) is 43.9 Å². The Morgan fingerprint density at radius 3 is 3.15 bits per heavy atom. The number of rotatable bonds is 5. The van der Waals surface area contributed by atoms with Crippen LogP contribution in [0.5, 0.6) is 0 Å². The fraction of sp³-hybridized carbons (Fsp3) is 0.714. The molecular formula is C14H20ClN3OS. The lowest BCUT2D eigenvalue weighted by Crippen LogP contribution is -2.51. The number of amides is 1. The van der Waals surface area contributed by atoms with Gasteiger partial charge in [0.25, 0.3) is 0 Å². The molecule has 2 fully saturated rings. The standard InChI is InChI=1S/C14H20ClN3OS/c15-8-11-10-20-13(16-11)2-1-5-17-6-7-18-12(9-17)3-4-14(18)19/h10,12H,1-9H2. The summed E-state index contributed by atoms with van der Waals surface area (Å²) in [6, 6.07) is 0.471. The van der Waals surface area contributed by atoms with E-state index in [1.165, 1.54) is 5.01 Å². The van der Waals surface area contributed by atoms with Crippen LogP contribution >= 0.6 is 22.9 Å². The third kappa shape index (κ3) is 3.15. The van der Waals surface area contributed by atoms with Crippen LogP contribution in [0.25, 0.3) is 0 Å². The number of aromatic nitrogens is 1. The third-order valence-electron chi connectivity index (χ3n) is 4.18. The van der Waals surface area contributed by atoms with Crippen molar-refractivity contribution in [1.29, 1.82) is 0 Å². The lowest BCUT2D eigenvalue weighted by molar-refractivity contribution is -0.130. The molecule has 0 spiro atoms. The zero-order valence-corrected chi connectivity index (χ0v) is 13.1. The van der Waals surface area contributed by atoms with E-state index in [0.717, 1.165) is 57.6 Å². The summed E-state index contributed by atoms with van der Waals surface area (Å²) in [6.45, 7) is 4.09. The van der Waals surface area contributed by atoms with E-state index in [-0.39, 0.29) is 0 Å². The molecule has 2 aliphatic rings. The summed E-state index contributed by atoms with van der Waals surface area (Å²) >= 11 is 7.47. The van der Waals surface area contributed by atoms with E-state index in [0.29, 0.717) is 17.8 Å². The average molecular weight is 314 g/mol. The number of thiazole rings is 1.